The molecule has 0 aliphatic carbocycles. The Morgan fingerprint density at radius 3 is 1.60 bits per heavy atom. The summed E-state index contributed by atoms with van der Waals surface area (Å²) >= 11 is 0. The van der Waals surface area contributed by atoms with E-state index >= 15 is 0 Å². The number of hydrogen-bond donors (Lipinski definition) is 3. The topological polar surface area (TPSA) is 95.9 Å². The molecule has 3 unspecified atom stereocenters. The number of rotatable bonds is 41. The minimum Gasteiger partial charge on any atom is -0.462 e. The van der Waals surface area contributed by atoms with Gasteiger partial charge in [0.1, 0.15) is 6.10 Å². The van der Waals surface area contributed by atoms with Gasteiger partial charge in [0.25, 0.3) is 0 Å². The summed E-state index contributed by atoms with van der Waals surface area (Å²) in [6, 6.07) is -0.718. The lowest BCUT2D eigenvalue weighted by Crippen LogP contribution is -2.46. The lowest BCUT2D eigenvalue weighted by molar-refractivity contribution is -0.151. The van der Waals surface area contributed by atoms with Crippen LogP contribution in [0.2, 0.25) is 0 Å². The van der Waals surface area contributed by atoms with Crippen LogP contribution in [0.1, 0.15) is 207 Å². The average molecular weight is 808 g/mol. The van der Waals surface area contributed by atoms with E-state index in [1.54, 1.807) is 0 Å². The molecule has 6 nitrogen and oxygen atoms in total. The summed E-state index contributed by atoms with van der Waals surface area (Å²) in [6.45, 7) is 6.20. The maximum atomic E-state index is 13.1. The summed E-state index contributed by atoms with van der Waals surface area (Å²) in [4.78, 5) is 26.0. The molecule has 0 aromatic carbocycles. The smallest absolute Gasteiger partial charge is 0.306 e. The molecule has 0 bridgehead atoms. The molecule has 58 heavy (non-hydrogen) atoms. The largest absolute Gasteiger partial charge is 0.462 e. The van der Waals surface area contributed by atoms with Gasteiger partial charge in [0, 0.05) is 6.42 Å². The van der Waals surface area contributed by atoms with Gasteiger partial charge in [-0.15, -0.1) is 0 Å². The Bertz CT molecular complexity index is 1130. The van der Waals surface area contributed by atoms with Crippen molar-refractivity contribution in [1.29, 1.82) is 0 Å². The number of aliphatic hydroxyl groups excluding tert-OH is 2. The Morgan fingerprint density at radius 2 is 1.02 bits per heavy atom. The monoisotopic (exact) mass is 808 g/mol. The Balaban J connectivity index is 4.70. The summed E-state index contributed by atoms with van der Waals surface area (Å²) in [7, 11) is 0. The first-order chi connectivity index (χ1) is 28.5. The van der Waals surface area contributed by atoms with E-state index in [0.717, 1.165) is 116 Å². The third kappa shape index (κ3) is 39.8. The van der Waals surface area contributed by atoms with Crippen molar-refractivity contribution in [3.63, 3.8) is 0 Å². The number of carbonyl (C=O) groups excluding carboxylic acids is 2. The van der Waals surface area contributed by atoms with Gasteiger partial charge in [-0.3, -0.25) is 9.59 Å². The first-order valence-electron chi connectivity index (χ1n) is 23.8. The van der Waals surface area contributed by atoms with Gasteiger partial charge in [-0.2, -0.15) is 0 Å². The van der Waals surface area contributed by atoms with Crippen molar-refractivity contribution in [1.82, 2.24) is 5.32 Å². The van der Waals surface area contributed by atoms with Gasteiger partial charge in [0.05, 0.1) is 25.2 Å². The van der Waals surface area contributed by atoms with Crippen LogP contribution in [0.5, 0.6) is 0 Å². The van der Waals surface area contributed by atoms with Crippen LogP contribution in [0, 0.1) is 0 Å². The summed E-state index contributed by atoms with van der Waals surface area (Å²) in [5.41, 5.74) is 0. The third-order valence-corrected chi connectivity index (χ3v) is 10.3. The molecule has 0 heterocycles. The van der Waals surface area contributed by atoms with Gasteiger partial charge in [-0.1, -0.05) is 196 Å². The minimum absolute atomic E-state index is 0.0464. The molecular formula is C52H89NO5. The second-order valence-electron chi connectivity index (χ2n) is 15.8. The summed E-state index contributed by atoms with van der Waals surface area (Å²) in [6.07, 6.45) is 57.8. The van der Waals surface area contributed by atoms with Crippen molar-refractivity contribution in [3.05, 3.63) is 85.1 Å². The van der Waals surface area contributed by atoms with E-state index in [2.05, 4.69) is 111 Å². The number of amides is 1. The zero-order chi connectivity index (χ0) is 42.4. The molecule has 0 rings (SSSR count). The van der Waals surface area contributed by atoms with E-state index in [9.17, 15) is 19.8 Å². The van der Waals surface area contributed by atoms with Crippen molar-refractivity contribution in [3.8, 4) is 0 Å². The van der Waals surface area contributed by atoms with E-state index in [0.29, 0.717) is 19.3 Å². The maximum absolute atomic E-state index is 13.1. The van der Waals surface area contributed by atoms with Gasteiger partial charge in [-0.25, -0.2) is 0 Å². The molecule has 0 aromatic heterocycles. The number of carbonyl (C=O) groups is 2. The standard InChI is InChI=1S/C52H89NO5/c1-4-7-10-13-16-19-22-24-25-26-28-30-33-36-39-42-45-52(57)58-48(43-40-37-34-31-29-27-23-20-17-14-11-8-5-2)46-51(56)53-49(47-54)50(55)44-41-38-35-32-21-18-15-12-9-6-3/h7-8,10-11,14,16-17,19-20,23-25,28,30,48-50,54-55H,4-6,9,12-13,15,18,21-22,26-27,29,31-47H2,1-3H3,(H,53,56)/b10-7+,11-8+,17-14+,19-16+,23-20+,25-24+,30-28+. The highest BCUT2D eigenvalue weighted by atomic mass is 16.5. The highest BCUT2D eigenvalue weighted by Gasteiger charge is 2.24. The van der Waals surface area contributed by atoms with Gasteiger partial charge in [0.15, 0.2) is 0 Å². The van der Waals surface area contributed by atoms with E-state index < -0.39 is 18.2 Å². The molecule has 3 N–H and O–H groups in total. The van der Waals surface area contributed by atoms with Crippen molar-refractivity contribution in [2.45, 2.75) is 225 Å². The van der Waals surface area contributed by atoms with Crippen LogP contribution >= 0.6 is 0 Å². The highest BCUT2D eigenvalue weighted by Crippen LogP contribution is 2.17. The Labute approximate surface area is 357 Å². The van der Waals surface area contributed by atoms with Crippen LogP contribution in [0.3, 0.4) is 0 Å². The Hall–Kier alpha value is -2.96. The number of nitrogens with one attached hydrogen (secondary N) is 1. The molecule has 0 aromatic rings. The molecule has 0 fully saturated rings. The minimum atomic E-state index is -0.801. The third-order valence-electron chi connectivity index (χ3n) is 10.3. The molecule has 1 amide bonds. The van der Waals surface area contributed by atoms with Crippen LogP contribution in [-0.2, 0) is 14.3 Å². The number of allylic oxidation sites excluding steroid dienone is 14. The highest BCUT2D eigenvalue weighted by molar-refractivity contribution is 5.77. The van der Waals surface area contributed by atoms with Gasteiger partial charge < -0.3 is 20.3 Å². The van der Waals surface area contributed by atoms with Crippen LogP contribution in [-0.4, -0.2) is 46.9 Å². The van der Waals surface area contributed by atoms with Gasteiger partial charge in [0.2, 0.25) is 5.91 Å². The van der Waals surface area contributed by atoms with E-state index in [1.807, 2.05) is 0 Å². The lowest BCUT2D eigenvalue weighted by atomic mass is 10.0. The number of hydrogen-bond acceptors (Lipinski definition) is 5. The SMILES string of the molecule is CC/C=C/C=C/C=C/CCCCCCCC(CC(=O)NC(CO)C(O)CCCCCCCCCCCC)OC(=O)CCCCC/C=C/C/C=C/C/C=C/C/C=C/CC. The molecule has 0 saturated heterocycles. The predicted octanol–water partition coefficient (Wildman–Crippen LogP) is 14.0. The molecule has 0 aliphatic heterocycles. The summed E-state index contributed by atoms with van der Waals surface area (Å²) < 4.78 is 5.89. The predicted molar refractivity (Wildman–Crippen MR) is 250 cm³/mol. The van der Waals surface area contributed by atoms with Crippen molar-refractivity contribution < 1.29 is 24.5 Å². The van der Waals surface area contributed by atoms with Crippen LogP contribution in [0.15, 0.2) is 85.1 Å². The molecular weight excluding hydrogens is 719 g/mol. The van der Waals surface area contributed by atoms with E-state index in [4.69, 9.17) is 4.74 Å². The average Bonchev–Trinajstić information content (AvgIpc) is 3.22. The Kier molecular flexibility index (Phi) is 42.8. The first kappa shape index (κ1) is 55.0. The quantitative estimate of drug-likeness (QED) is 0.0247. The summed E-state index contributed by atoms with van der Waals surface area (Å²) in [5.74, 6) is -0.539. The van der Waals surface area contributed by atoms with Crippen LogP contribution in [0.4, 0.5) is 0 Å². The number of esters is 1. The molecule has 0 saturated carbocycles. The zero-order valence-electron chi connectivity index (χ0n) is 37.6. The maximum Gasteiger partial charge on any atom is 0.306 e. The van der Waals surface area contributed by atoms with Crippen molar-refractivity contribution in [2.24, 2.45) is 0 Å². The van der Waals surface area contributed by atoms with Gasteiger partial charge >= 0.3 is 5.97 Å². The normalized spacial score (nSPS) is 14.1. The molecule has 0 aliphatic rings. The molecule has 332 valence electrons. The van der Waals surface area contributed by atoms with E-state index in [-0.39, 0.29) is 24.9 Å². The molecule has 6 heteroatoms. The zero-order valence-corrected chi connectivity index (χ0v) is 37.6. The molecule has 3 atom stereocenters. The van der Waals surface area contributed by atoms with Crippen LogP contribution in [0.25, 0.3) is 0 Å². The number of unbranched alkanes of at least 4 members (excludes halogenated alkanes) is 17. The van der Waals surface area contributed by atoms with E-state index in [1.165, 1.54) is 44.9 Å². The number of ether oxygens (including phenoxy) is 1. The fourth-order valence-electron chi connectivity index (χ4n) is 6.71. The van der Waals surface area contributed by atoms with Crippen LogP contribution < -0.4 is 5.32 Å². The van der Waals surface area contributed by atoms with Crippen molar-refractivity contribution >= 4 is 11.9 Å². The fourth-order valence-corrected chi connectivity index (χ4v) is 6.71. The van der Waals surface area contributed by atoms with Crippen molar-refractivity contribution in [2.75, 3.05) is 6.61 Å². The fraction of sp³-hybridized carbons (Fsp3) is 0.692. The lowest BCUT2D eigenvalue weighted by Gasteiger charge is -2.24. The number of aliphatic hydroxyl groups is 2. The summed E-state index contributed by atoms with van der Waals surface area (Å²) in [5, 5.41) is 23.6. The molecule has 0 spiro atoms. The Morgan fingerprint density at radius 1 is 0.534 bits per heavy atom. The second kappa shape index (κ2) is 45.1. The first-order valence-corrected chi connectivity index (χ1v) is 23.8. The molecule has 0 radical (unpaired) electrons. The second-order valence-corrected chi connectivity index (χ2v) is 15.8. The van der Waals surface area contributed by atoms with Gasteiger partial charge in [-0.05, 0) is 83.5 Å².